The molecule has 1 unspecified atom stereocenters. The van der Waals surface area contributed by atoms with Crippen LogP contribution in [0.25, 0.3) is 11.4 Å². The minimum Gasteiger partial charge on any atom is -0.339 e. The number of allylic oxidation sites excluding steroid dienone is 1. The van der Waals surface area contributed by atoms with Gasteiger partial charge >= 0.3 is 0 Å². The molecule has 1 saturated heterocycles. The van der Waals surface area contributed by atoms with E-state index in [2.05, 4.69) is 28.6 Å². The predicted molar refractivity (Wildman–Crippen MR) is 115 cm³/mol. The number of piperazine rings is 1. The maximum Gasteiger partial charge on any atom is 0.235 e. The van der Waals surface area contributed by atoms with Gasteiger partial charge in [-0.2, -0.15) is 0 Å². The number of carbonyl (C=O) groups excluding carboxylic acids is 1. The van der Waals surface area contributed by atoms with Crippen LogP contribution in [0, 0.1) is 0 Å². The third kappa shape index (κ3) is 4.77. The van der Waals surface area contributed by atoms with Crippen LogP contribution in [0.3, 0.4) is 0 Å². The van der Waals surface area contributed by atoms with Crippen molar-refractivity contribution in [2.75, 3.05) is 32.7 Å². The third-order valence-electron chi connectivity index (χ3n) is 4.89. The molecule has 0 N–H and O–H groups in total. The highest BCUT2D eigenvalue weighted by atomic mass is 35.5. The zero-order valence-corrected chi connectivity index (χ0v) is 17.9. The summed E-state index contributed by atoms with van der Waals surface area (Å²) in [4.78, 5) is 17.2. The van der Waals surface area contributed by atoms with Crippen LogP contribution in [-0.2, 0) is 11.3 Å². The fraction of sp³-hybridized carbons (Fsp3) is 0.450. The molecule has 6 nitrogen and oxygen atoms in total. The highest BCUT2D eigenvalue weighted by Gasteiger charge is 2.27. The van der Waals surface area contributed by atoms with Crippen molar-refractivity contribution in [2.24, 2.45) is 0 Å². The van der Waals surface area contributed by atoms with Crippen molar-refractivity contribution in [3.8, 4) is 11.4 Å². The van der Waals surface area contributed by atoms with Gasteiger partial charge in [0.2, 0.25) is 5.91 Å². The van der Waals surface area contributed by atoms with Crippen LogP contribution in [-0.4, -0.2) is 68.4 Å². The Morgan fingerprint density at radius 2 is 1.93 bits per heavy atom. The summed E-state index contributed by atoms with van der Waals surface area (Å²) in [5.41, 5.74) is 0.931. The van der Waals surface area contributed by atoms with Crippen molar-refractivity contribution >= 4 is 29.3 Å². The number of rotatable bonds is 7. The van der Waals surface area contributed by atoms with E-state index in [9.17, 15) is 4.79 Å². The molecule has 8 heteroatoms. The first-order valence-electron chi connectivity index (χ1n) is 9.51. The van der Waals surface area contributed by atoms with Gasteiger partial charge in [0.1, 0.15) is 0 Å². The van der Waals surface area contributed by atoms with E-state index in [0.29, 0.717) is 11.6 Å². The molecule has 28 heavy (non-hydrogen) atoms. The van der Waals surface area contributed by atoms with E-state index in [0.717, 1.165) is 49.3 Å². The van der Waals surface area contributed by atoms with Gasteiger partial charge in [0.25, 0.3) is 0 Å². The van der Waals surface area contributed by atoms with Gasteiger partial charge in [-0.05, 0) is 37.7 Å². The van der Waals surface area contributed by atoms with Crippen molar-refractivity contribution in [3.05, 3.63) is 41.9 Å². The van der Waals surface area contributed by atoms with Crippen LogP contribution in [0.15, 0.2) is 42.1 Å². The molecule has 0 spiro atoms. The average molecular weight is 420 g/mol. The molecule has 150 valence electrons. The van der Waals surface area contributed by atoms with Crippen LogP contribution in [0.2, 0.25) is 5.02 Å². The Morgan fingerprint density at radius 3 is 2.54 bits per heavy atom. The van der Waals surface area contributed by atoms with E-state index < -0.39 is 0 Å². The van der Waals surface area contributed by atoms with E-state index in [4.69, 9.17) is 11.6 Å². The molecule has 1 atom stereocenters. The number of hydrogen-bond donors (Lipinski definition) is 0. The van der Waals surface area contributed by atoms with Crippen LogP contribution in [0.4, 0.5) is 0 Å². The highest BCUT2D eigenvalue weighted by molar-refractivity contribution is 8.00. The summed E-state index contributed by atoms with van der Waals surface area (Å²) in [5, 5.41) is 9.87. The lowest BCUT2D eigenvalue weighted by atomic mass is 10.2. The predicted octanol–water partition coefficient (Wildman–Crippen LogP) is 3.43. The van der Waals surface area contributed by atoms with Crippen molar-refractivity contribution in [3.63, 3.8) is 0 Å². The van der Waals surface area contributed by atoms with Crippen molar-refractivity contribution in [2.45, 2.75) is 30.8 Å². The molecule has 2 aromatic rings. The quantitative estimate of drug-likeness (QED) is 0.508. The first-order chi connectivity index (χ1) is 13.5. The number of hydrogen-bond acceptors (Lipinski definition) is 5. The number of benzene rings is 1. The SMILES string of the molecule is C=CCn1c(SC(C)C(=O)N2CCN(CC)CC2)nnc1-c1ccc(Cl)cc1. The summed E-state index contributed by atoms with van der Waals surface area (Å²) >= 11 is 7.44. The molecular weight excluding hydrogens is 394 g/mol. The van der Waals surface area contributed by atoms with Gasteiger partial charge in [-0.15, -0.1) is 16.8 Å². The van der Waals surface area contributed by atoms with Gasteiger partial charge in [0.15, 0.2) is 11.0 Å². The van der Waals surface area contributed by atoms with Gasteiger partial charge in [-0.1, -0.05) is 36.4 Å². The monoisotopic (exact) mass is 419 g/mol. The Bertz CT molecular complexity index is 815. The van der Waals surface area contributed by atoms with Crippen molar-refractivity contribution in [1.82, 2.24) is 24.6 Å². The largest absolute Gasteiger partial charge is 0.339 e. The lowest BCUT2D eigenvalue weighted by Gasteiger charge is -2.35. The maximum absolute atomic E-state index is 12.9. The normalized spacial score (nSPS) is 16.2. The molecular formula is C20H26ClN5OS. The zero-order valence-electron chi connectivity index (χ0n) is 16.3. The first-order valence-corrected chi connectivity index (χ1v) is 10.8. The standard InChI is InChI=1S/C20H26ClN5OS/c1-4-10-26-18(16-6-8-17(21)9-7-16)22-23-20(26)28-15(3)19(27)25-13-11-24(5-2)12-14-25/h4,6-9,15H,1,5,10-14H2,2-3H3. The van der Waals surface area contributed by atoms with E-state index in [1.165, 1.54) is 11.8 Å². The average Bonchev–Trinajstić information content (AvgIpc) is 3.10. The Morgan fingerprint density at radius 1 is 1.25 bits per heavy atom. The molecule has 1 aromatic heterocycles. The number of thioether (sulfide) groups is 1. The van der Waals surface area contributed by atoms with Crippen LogP contribution >= 0.6 is 23.4 Å². The fourth-order valence-corrected chi connectivity index (χ4v) is 4.30. The summed E-state index contributed by atoms with van der Waals surface area (Å²) in [6, 6.07) is 7.50. The highest BCUT2D eigenvalue weighted by Crippen LogP contribution is 2.28. The van der Waals surface area contributed by atoms with Gasteiger partial charge < -0.3 is 9.80 Å². The van der Waals surface area contributed by atoms with E-state index in [1.54, 1.807) is 0 Å². The molecule has 1 aromatic carbocycles. The van der Waals surface area contributed by atoms with Crippen molar-refractivity contribution in [1.29, 1.82) is 0 Å². The van der Waals surface area contributed by atoms with Gasteiger partial charge in [0, 0.05) is 43.3 Å². The number of carbonyl (C=O) groups is 1. The number of aromatic nitrogens is 3. The summed E-state index contributed by atoms with van der Waals surface area (Å²) in [5.74, 6) is 0.900. The number of amides is 1. The summed E-state index contributed by atoms with van der Waals surface area (Å²) in [6.07, 6.45) is 1.81. The first kappa shape index (κ1) is 20.9. The molecule has 0 radical (unpaired) electrons. The number of nitrogens with zero attached hydrogens (tertiary/aromatic N) is 5. The molecule has 1 aliphatic heterocycles. The Labute approximate surface area is 175 Å². The molecule has 2 heterocycles. The summed E-state index contributed by atoms with van der Waals surface area (Å²) in [7, 11) is 0. The lowest BCUT2D eigenvalue weighted by molar-refractivity contribution is -0.132. The van der Waals surface area contributed by atoms with Crippen LogP contribution in [0.1, 0.15) is 13.8 Å². The smallest absolute Gasteiger partial charge is 0.235 e. The van der Waals surface area contributed by atoms with Crippen molar-refractivity contribution < 1.29 is 4.79 Å². The lowest BCUT2D eigenvalue weighted by Crippen LogP contribution is -2.50. The molecule has 1 amide bonds. The van der Waals surface area contributed by atoms with Crippen LogP contribution < -0.4 is 0 Å². The molecule has 1 fully saturated rings. The minimum atomic E-state index is -0.223. The second kappa shape index (κ2) is 9.58. The zero-order chi connectivity index (χ0) is 20.1. The minimum absolute atomic E-state index is 0.155. The molecule has 0 saturated carbocycles. The van der Waals surface area contributed by atoms with Gasteiger partial charge in [-0.3, -0.25) is 9.36 Å². The van der Waals surface area contributed by atoms with E-state index in [-0.39, 0.29) is 11.2 Å². The summed E-state index contributed by atoms with van der Waals surface area (Å²) < 4.78 is 1.99. The number of likely N-dealkylation sites (N-methyl/N-ethyl adjacent to an activating group) is 1. The van der Waals surface area contributed by atoms with Crippen LogP contribution in [0.5, 0.6) is 0 Å². The van der Waals surface area contributed by atoms with Gasteiger partial charge in [0.05, 0.1) is 5.25 Å². The third-order valence-corrected chi connectivity index (χ3v) is 6.21. The molecule has 3 rings (SSSR count). The van der Waals surface area contributed by atoms with Gasteiger partial charge in [-0.25, -0.2) is 0 Å². The Kier molecular flexibility index (Phi) is 7.15. The second-order valence-electron chi connectivity index (χ2n) is 6.73. The number of halogens is 1. The Balaban J connectivity index is 1.73. The second-order valence-corrected chi connectivity index (χ2v) is 8.48. The summed E-state index contributed by atoms with van der Waals surface area (Å²) in [6.45, 7) is 13.0. The maximum atomic E-state index is 12.9. The van der Waals surface area contributed by atoms with E-state index >= 15 is 0 Å². The molecule has 0 bridgehead atoms. The molecule has 0 aliphatic carbocycles. The van der Waals surface area contributed by atoms with E-state index in [1.807, 2.05) is 46.7 Å². The topological polar surface area (TPSA) is 54.3 Å². The Hall–Kier alpha value is -1.83. The molecule has 1 aliphatic rings. The fourth-order valence-electron chi connectivity index (χ4n) is 3.23.